The maximum Gasteiger partial charge on any atom is 0.262 e. The number of fused-ring (bicyclic) bond motifs is 5. The number of rotatable bonds is 40. The van der Waals surface area contributed by atoms with Crippen LogP contribution in [0.3, 0.4) is 0 Å². The van der Waals surface area contributed by atoms with E-state index in [0.29, 0.717) is 47.6 Å². The lowest BCUT2D eigenvalue weighted by Crippen LogP contribution is -2.34. The molecule has 0 bridgehead atoms. The molecule has 2 amide bonds. The molecule has 6 aromatic rings. The van der Waals surface area contributed by atoms with Gasteiger partial charge in [-0.05, 0) is 91.5 Å². The zero-order valence-corrected chi connectivity index (χ0v) is 57.1. The van der Waals surface area contributed by atoms with Crippen molar-refractivity contribution in [3.8, 4) is 20.4 Å². The van der Waals surface area contributed by atoms with E-state index < -0.39 is 0 Å². The molecule has 2 atom stereocenters. The summed E-state index contributed by atoms with van der Waals surface area (Å²) in [7, 11) is 0. The van der Waals surface area contributed by atoms with Crippen LogP contribution in [0, 0.1) is 11.8 Å². The number of anilines is 2. The lowest BCUT2D eigenvalue weighted by Gasteiger charge is -2.28. The van der Waals surface area contributed by atoms with Gasteiger partial charge in [-0.15, -0.1) is 22.7 Å². The van der Waals surface area contributed by atoms with Crippen molar-refractivity contribution < 1.29 is 18.4 Å². The summed E-state index contributed by atoms with van der Waals surface area (Å²) in [6.07, 6.45) is 40.2. The first-order valence-electron chi connectivity index (χ1n) is 35.1. The lowest BCUT2D eigenvalue weighted by atomic mass is 9.92. The smallest absolute Gasteiger partial charge is 0.262 e. The molecular formula is C78H112N2O4S2. The van der Waals surface area contributed by atoms with Crippen LogP contribution in [0.15, 0.2) is 81.6 Å². The minimum atomic E-state index is -0.210. The van der Waals surface area contributed by atoms with Crippen LogP contribution in [-0.2, 0) is 20.4 Å². The van der Waals surface area contributed by atoms with E-state index in [1.165, 1.54) is 194 Å². The molecule has 2 aliphatic rings. The highest BCUT2D eigenvalue weighted by Crippen LogP contribution is 2.44. The third-order valence-electron chi connectivity index (χ3n) is 18.8. The topological polar surface area (TPSA) is 66.9 Å². The van der Waals surface area contributed by atoms with Crippen molar-refractivity contribution in [3.63, 3.8) is 0 Å². The van der Waals surface area contributed by atoms with Gasteiger partial charge in [-0.25, -0.2) is 0 Å². The second-order valence-corrected chi connectivity index (χ2v) is 30.3. The highest BCUT2D eigenvalue weighted by atomic mass is 32.1. The van der Waals surface area contributed by atoms with Crippen LogP contribution in [-0.4, -0.2) is 24.9 Å². The fourth-order valence-electron chi connectivity index (χ4n) is 13.6. The van der Waals surface area contributed by atoms with Gasteiger partial charge in [0.1, 0.15) is 23.0 Å². The molecule has 470 valence electrons. The van der Waals surface area contributed by atoms with E-state index in [2.05, 4.69) is 140 Å². The number of furan rings is 2. The molecule has 0 N–H and O–H groups in total. The van der Waals surface area contributed by atoms with E-state index >= 15 is 9.59 Å². The third-order valence-corrected chi connectivity index (χ3v) is 21.6. The zero-order valence-electron chi connectivity index (χ0n) is 55.5. The van der Waals surface area contributed by atoms with Gasteiger partial charge in [-0.3, -0.25) is 9.59 Å². The van der Waals surface area contributed by atoms with Gasteiger partial charge < -0.3 is 18.6 Å². The molecule has 8 heteroatoms. The zero-order chi connectivity index (χ0) is 61.1. The molecule has 2 unspecified atom stereocenters. The van der Waals surface area contributed by atoms with E-state index in [1.807, 2.05) is 23.5 Å². The normalized spacial score (nSPS) is 14.4. The number of hydrogen-bond donors (Lipinski definition) is 0. The summed E-state index contributed by atoms with van der Waals surface area (Å²) in [5.41, 5.74) is 3.12. The molecule has 0 aliphatic carbocycles. The van der Waals surface area contributed by atoms with Gasteiger partial charge in [0, 0.05) is 54.3 Å². The van der Waals surface area contributed by atoms with E-state index in [1.54, 1.807) is 11.3 Å². The molecule has 86 heavy (non-hydrogen) atoms. The summed E-state index contributed by atoms with van der Waals surface area (Å²) < 4.78 is 13.6. The van der Waals surface area contributed by atoms with Crippen LogP contribution in [0.4, 0.5) is 11.4 Å². The lowest BCUT2D eigenvalue weighted by molar-refractivity contribution is -0.114. The fourth-order valence-corrected chi connectivity index (χ4v) is 15.7. The molecule has 4 aromatic heterocycles. The van der Waals surface area contributed by atoms with Gasteiger partial charge in [-0.2, -0.15) is 0 Å². The average molecular weight is 1210 g/mol. The number of hydrogen-bond acceptors (Lipinski definition) is 6. The minimum Gasteiger partial charge on any atom is -0.460 e. The Hall–Kier alpha value is -4.66. The van der Waals surface area contributed by atoms with Crippen molar-refractivity contribution in [1.29, 1.82) is 0 Å². The first kappa shape index (κ1) is 67.3. The van der Waals surface area contributed by atoms with Gasteiger partial charge in [0.2, 0.25) is 0 Å². The molecule has 6 heterocycles. The standard InChI is InChI=1S/C78H112N2O4S2/c1-11-15-19-23-27-29-33-37-41-57(39-35-31-25-21-17-13-3)55-79-73-59-44-46-62-72(65-49-53-69(84-65)77(5,6)7)76(82)80(56-58(40-36-32-26-22-18-14-4)42-38-34-30-28-24-20-16-12-2)74(62)60(59)43-45-61(73)71(75(79)81)64-48-47-63(83-64)66-50-51-67(85-66)68-52-54-70(86-68)78(8,9)10/h43-54,57-58H,11-42,55-56H2,1-10H3. The highest BCUT2D eigenvalue weighted by molar-refractivity contribution is 7.23. The first-order chi connectivity index (χ1) is 41.7. The van der Waals surface area contributed by atoms with E-state index in [4.69, 9.17) is 8.83 Å². The van der Waals surface area contributed by atoms with Crippen LogP contribution in [0.2, 0.25) is 0 Å². The predicted octanol–water partition coefficient (Wildman–Crippen LogP) is 23.0. The Kier molecular flexibility index (Phi) is 26.0. The van der Waals surface area contributed by atoms with Crippen molar-refractivity contribution in [2.75, 3.05) is 22.9 Å². The summed E-state index contributed by atoms with van der Waals surface area (Å²) in [5.74, 6) is 3.71. The average Bonchev–Trinajstić information content (AvgIpc) is 1.67. The van der Waals surface area contributed by atoms with Crippen molar-refractivity contribution in [3.05, 3.63) is 105 Å². The van der Waals surface area contributed by atoms with E-state index in [-0.39, 0.29) is 22.6 Å². The van der Waals surface area contributed by atoms with Crippen LogP contribution < -0.4 is 20.2 Å². The quantitative estimate of drug-likeness (QED) is 0.0360. The van der Waals surface area contributed by atoms with Gasteiger partial charge in [0.25, 0.3) is 11.8 Å². The number of carbonyl (C=O) groups is 2. The van der Waals surface area contributed by atoms with Gasteiger partial charge in [0.15, 0.2) is 0 Å². The van der Waals surface area contributed by atoms with E-state index in [9.17, 15) is 0 Å². The van der Waals surface area contributed by atoms with Crippen LogP contribution in [0.5, 0.6) is 0 Å². The SMILES string of the molecule is CCCCCCCCCCC(CCCCCCCC)CN1C(=O)C(c2ccc(-c3ccc(-c4ccc(C(C)(C)C)s4)s3)o2)=c2ccc3c4c(ccc3c21)=C(c1ccc(C(C)(C)C)o1)C(=O)N4CC(CCCCCCCC)CCCCCCCCCC. The van der Waals surface area contributed by atoms with Crippen molar-refractivity contribution in [2.45, 2.75) is 286 Å². The number of unbranched alkanes of at least 4 members (excludes halogenated alkanes) is 24. The predicted molar refractivity (Wildman–Crippen MR) is 372 cm³/mol. The maximum atomic E-state index is 15.9. The summed E-state index contributed by atoms with van der Waals surface area (Å²) in [6.45, 7) is 23.9. The molecule has 6 nitrogen and oxygen atoms in total. The Labute approximate surface area is 529 Å². The maximum absolute atomic E-state index is 15.9. The minimum absolute atomic E-state index is 0.0211. The van der Waals surface area contributed by atoms with Crippen molar-refractivity contribution in [1.82, 2.24) is 0 Å². The Morgan fingerprint density at radius 2 is 0.733 bits per heavy atom. The van der Waals surface area contributed by atoms with Crippen molar-refractivity contribution >= 4 is 67.8 Å². The molecule has 2 aliphatic heterocycles. The summed E-state index contributed by atoms with van der Waals surface area (Å²) in [4.78, 5) is 40.8. The van der Waals surface area contributed by atoms with E-state index in [0.717, 1.165) is 74.7 Å². The summed E-state index contributed by atoms with van der Waals surface area (Å²) >= 11 is 3.62. The van der Waals surface area contributed by atoms with Crippen LogP contribution in [0.1, 0.15) is 297 Å². The van der Waals surface area contributed by atoms with Gasteiger partial charge in [0.05, 0.1) is 27.4 Å². The third kappa shape index (κ3) is 17.8. The Bertz CT molecular complexity index is 3180. The Morgan fingerprint density at radius 3 is 1.13 bits per heavy atom. The molecule has 2 aromatic carbocycles. The number of amides is 2. The van der Waals surface area contributed by atoms with Gasteiger partial charge >= 0.3 is 0 Å². The van der Waals surface area contributed by atoms with Gasteiger partial charge in [-0.1, -0.05) is 273 Å². The molecule has 0 saturated carbocycles. The van der Waals surface area contributed by atoms with Crippen molar-refractivity contribution in [2.24, 2.45) is 11.8 Å². The molecule has 0 saturated heterocycles. The second kappa shape index (κ2) is 33.2. The monoisotopic (exact) mass is 1200 g/mol. The molecule has 8 rings (SSSR count). The Balaban J connectivity index is 1.21. The number of benzene rings is 2. The molecule has 0 radical (unpaired) electrons. The molecule has 0 spiro atoms. The number of thiophene rings is 2. The number of nitrogens with zero attached hydrogens (tertiary/aromatic N) is 2. The van der Waals surface area contributed by atoms with Crippen LogP contribution in [0.25, 0.3) is 42.3 Å². The first-order valence-corrected chi connectivity index (χ1v) is 36.7. The second-order valence-electron chi connectivity index (χ2n) is 28.1. The highest BCUT2D eigenvalue weighted by Gasteiger charge is 2.39. The molecular weight excluding hydrogens is 1090 g/mol. The Morgan fingerprint density at radius 1 is 0.372 bits per heavy atom. The fraction of sp³-hybridized carbons (Fsp3) is 0.615. The largest absolute Gasteiger partial charge is 0.460 e. The summed E-state index contributed by atoms with van der Waals surface area (Å²) in [6, 6.07) is 25.9. The number of carbonyl (C=O) groups excluding carboxylic acids is 2. The summed E-state index contributed by atoms with van der Waals surface area (Å²) in [5, 5.41) is 3.91. The van der Waals surface area contributed by atoms with Crippen LogP contribution >= 0.6 is 22.7 Å². The molecule has 0 fully saturated rings.